The van der Waals surface area contributed by atoms with Gasteiger partial charge in [0.1, 0.15) is 0 Å². The number of hydrogen-bond donors (Lipinski definition) is 1. The number of nitrogen functional groups attached to an aromatic ring is 1. The lowest BCUT2D eigenvalue weighted by molar-refractivity contribution is 1.10. The molecule has 19 heavy (non-hydrogen) atoms. The molecule has 0 spiro atoms. The molecule has 0 aliphatic heterocycles. The van der Waals surface area contributed by atoms with Crippen molar-refractivity contribution < 1.29 is 0 Å². The minimum atomic E-state index is 0.425. The molecule has 2 N–H and O–H groups in total. The van der Waals surface area contributed by atoms with Crippen molar-refractivity contribution in [1.29, 1.82) is 5.26 Å². The Labute approximate surface area is 123 Å². The minimum Gasteiger partial charge on any atom is -0.369 e. The summed E-state index contributed by atoms with van der Waals surface area (Å²) in [5.74, 6) is 0.425. The SMILES string of the molecule is N#Cc1ccc2nc(N)n(-c3ccccc3I)c2c1. The average Bonchev–Trinajstić information content (AvgIpc) is 2.74. The Morgan fingerprint density at radius 2 is 2.00 bits per heavy atom. The molecule has 3 aromatic rings. The molecule has 0 aliphatic carbocycles. The summed E-state index contributed by atoms with van der Waals surface area (Å²) in [7, 11) is 0. The van der Waals surface area contributed by atoms with Crippen LogP contribution in [0.1, 0.15) is 5.56 Å². The van der Waals surface area contributed by atoms with Crippen molar-refractivity contribution in [3.63, 3.8) is 0 Å². The lowest BCUT2D eigenvalue weighted by Crippen LogP contribution is -2.02. The van der Waals surface area contributed by atoms with Crippen LogP contribution in [-0.2, 0) is 0 Å². The summed E-state index contributed by atoms with van der Waals surface area (Å²) >= 11 is 2.26. The Morgan fingerprint density at radius 3 is 2.74 bits per heavy atom. The zero-order valence-corrected chi connectivity index (χ0v) is 12.0. The van der Waals surface area contributed by atoms with Gasteiger partial charge in [-0.1, -0.05) is 12.1 Å². The van der Waals surface area contributed by atoms with Crippen LogP contribution in [-0.4, -0.2) is 9.55 Å². The molecular weight excluding hydrogens is 351 g/mol. The van der Waals surface area contributed by atoms with Gasteiger partial charge in [-0.15, -0.1) is 0 Å². The number of hydrogen-bond acceptors (Lipinski definition) is 3. The molecule has 0 radical (unpaired) electrons. The molecule has 92 valence electrons. The van der Waals surface area contributed by atoms with Gasteiger partial charge in [0.25, 0.3) is 0 Å². The van der Waals surface area contributed by atoms with Gasteiger partial charge in [0.05, 0.1) is 28.4 Å². The molecule has 2 aromatic carbocycles. The first-order valence-electron chi connectivity index (χ1n) is 5.63. The molecule has 0 aliphatic rings. The Morgan fingerprint density at radius 1 is 1.21 bits per heavy atom. The number of nitrogens with zero attached hydrogens (tertiary/aromatic N) is 3. The zero-order valence-electron chi connectivity index (χ0n) is 9.84. The maximum Gasteiger partial charge on any atom is 0.205 e. The summed E-state index contributed by atoms with van der Waals surface area (Å²) in [5, 5.41) is 9.01. The molecular formula is C14H9IN4. The normalized spacial score (nSPS) is 10.5. The van der Waals surface area contributed by atoms with Crippen molar-refractivity contribution in [3.05, 3.63) is 51.6 Å². The smallest absolute Gasteiger partial charge is 0.205 e. The fraction of sp³-hybridized carbons (Fsp3) is 0. The van der Waals surface area contributed by atoms with Crippen LogP contribution in [0.3, 0.4) is 0 Å². The standard InChI is InChI=1S/C14H9IN4/c15-10-3-1-2-4-12(10)19-13-7-9(8-16)5-6-11(13)18-14(19)17/h1-7H,(H2,17,18). The maximum atomic E-state index is 9.01. The van der Waals surface area contributed by atoms with Crippen molar-refractivity contribution in [1.82, 2.24) is 9.55 Å². The summed E-state index contributed by atoms with van der Waals surface area (Å²) in [6, 6.07) is 15.4. The fourth-order valence-electron chi connectivity index (χ4n) is 2.05. The van der Waals surface area contributed by atoms with Gasteiger partial charge in [0.15, 0.2) is 0 Å². The average molecular weight is 360 g/mol. The molecule has 3 rings (SSSR count). The number of imidazole rings is 1. The molecule has 1 heterocycles. The molecule has 0 fully saturated rings. The molecule has 1 aromatic heterocycles. The predicted octanol–water partition coefficient (Wildman–Crippen LogP) is 3.08. The van der Waals surface area contributed by atoms with Gasteiger partial charge in [0, 0.05) is 3.57 Å². The highest BCUT2D eigenvalue weighted by atomic mass is 127. The number of anilines is 1. The number of halogens is 1. The van der Waals surface area contributed by atoms with Crippen LogP contribution in [0.25, 0.3) is 16.7 Å². The van der Waals surface area contributed by atoms with Crippen molar-refractivity contribution in [2.24, 2.45) is 0 Å². The van der Waals surface area contributed by atoms with Crippen LogP contribution in [0.4, 0.5) is 5.95 Å². The molecule has 0 amide bonds. The van der Waals surface area contributed by atoms with E-state index >= 15 is 0 Å². The number of fused-ring (bicyclic) bond motifs is 1. The number of nitriles is 1. The summed E-state index contributed by atoms with van der Waals surface area (Å²) in [6.07, 6.45) is 0. The van der Waals surface area contributed by atoms with E-state index in [4.69, 9.17) is 11.0 Å². The van der Waals surface area contributed by atoms with E-state index in [-0.39, 0.29) is 0 Å². The highest BCUT2D eigenvalue weighted by Crippen LogP contribution is 2.26. The zero-order chi connectivity index (χ0) is 13.4. The van der Waals surface area contributed by atoms with Gasteiger partial charge in [-0.2, -0.15) is 5.26 Å². The Balaban J connectivity index is 2.38. The lowest BCUT2D eigenvalue weighted by Gasteiger charge is -2.08. The number of rotatable bonds is 1. The summed E-state index contributed by atoms with van der Waals surface area (Å²) in [5.41, 5.74) is 9.21. The molecule has 0 saturated carbocycles. The highest BCUT2D eigenvalue weighted by molar-refractivity contribution is 14.1. The number of aromatic nitrogens is 2. The van der Waals surface area contributed by atoms with E-state index in [1.807, 2.05) is 41.0 Å². The van der Waals surface area contributed by atoms with Crippen LogP contribution >= 0.6 is 22.6 Å². The number of para-hydroxylation sites is 1. The highest BCUT2D eigenvalue weighted by Gasteiger charge is 2.12. The largest absolute Gasteiger partial charge is 0.369 e. The summed E-state index contributed by atoms with van der Waals surface area (Å²) < 4.78 is 2.95. The van der Waals surface area contributed by atoms with Crippen LogP contribution in [0.5, 0.6) is 0 Å². The van der Waals surface area contributed by atoms with Gasteiger partial charge in [0.2, 0.25) is 5.95 Å². The van der Waals surface area contributed by atoms with Crippen LogP contribution < -0.4 is 5.73 Å². The minimum absolute atomic E-state index is 0.425. The van der Waals surface area contributed by atoms with E-state index in [0.29, 0.717) is 11.5 Å². The number of nitrogens with two attached hydrogens (primary N) is 1. The van der Waals surface area contributed by atoms with E-state index in [1.54, 1.807) is 6.07 Å². The third kappa shape index (κ3) is 1.94. The van der Waals surface area contributed by atoms with E-state index in [9.17, 15) is 0 Å². The first kappa shape index (κ1) is 12.0. The second-order valence-corrected chi connectivity index (χ2v) is 5.23. The molecule has 0 saturated heterocycles. The van der Waals surface area contributed by atoms with Gasteiger partial charge < -0.3 is 5.73 Å². The monoisotopic (exact) mass is 360 g/mol. The van der Waals surface area contributed by atoms with E-state index < -0.39 is 0 Å². The summed E-state index contributed by atoms with van der Waals surface area (Å²) in [4.78, 5) is 4.33. The van der Waals surface area contributed by atoms with Crippen molar-refractivity contribution >= 4 is 39.6 Å². The molecule has 4 nitrogen and oxygen atoms in total. The predicted molar refractivity (Wildman–Crippen MR) is 82.9 cm³/mol. The molecule has 0 atom stereocenters. The molecule has 0 bridgehead atoms. The third-order valence-electron chi connectivity index (χ3n) is 2.90. The summed E-state index contributed by atoms with van der Waals surface area (Å²) in [6.45, 7) is 0. The second kappa shape index (κ2) is 4.55. The molecule has 0 unspecified atom stereocenters. The van der Waals surface area contributed by atoms with Gasteiger partial charge in [-0.25, -0.2) is 4.98 Å². The van der Waals surface area contributed by atoms with Crippen molar-refractivity contribution in [2.75, 3.05) is 5.73 Å². The first-order chi connectivity index (χ1) is 9.20. The Hall–Kier alpha value is -2.07. The van der Waals surface area contributed by atoms with Gasteiger partial charge >= 0.3 is 0 Å². The second-order valence-electron chi connectivity index (χ2n) is 4.07. The fourth-order valence-corrected chi connectivity index (χ4v) is 2.68. The van der Waals surface area contributed by atoms with Crippen molar-refractivity contribution in [3.8, 4) is 11.8 Å². The van der Waals surface area contributed by atoms with Crippen molar-refractivity contribution in [2.45, 2.75) is 0 Å². The third-order valence-corrected chi connectivity index (χ3v) is 3.82. The van der Waals surface area contributed by atoms with Gasteiger partial charge in [-0.3, -0.25) is 4.57 Å². The first-order valence-corrected chi connectivity index (χ1v) is 6.71. The molecule has 5 heteroatoms. The van der Waals surface area contributed by atoms with E-state index in [2.05, 4.69) is 33.6 Å². The maximum absolute atomic E-state index is 9.01. The van der Waals surface area contributed by atoms with E-state index in [0.717, 1.165) is 20.3 Å². The quantitative estimate of drug-likeness (QED) is 0.679. The lowest BCUT2D eigenvalue weighted by atomic mass is 10.2. The van der Waals surface area contributed by atoms with Crippen LogP contribution in [0.15, 0.2) is 42.5 Å². The van der Waals surface area contributed by atoms with Crippen LogP contribution in [0.2, 0.25) is 0 Å². The Bertz CT molecular complexity index is 814. The Kier molecular flexibility index (Phi) is 2.87. The number of benzene rings is 2. The van der Waals surface area contributed by atoms with Crippen LogP contribution in [0, 0.1) is 14.9 Å². The van der Waals surface area contributed by atoms with Gasteiger partial charge in [-0.05, 0) is 52.9 Å². The van der Waals surface area contributed by atoms with E-state index in [1.165, 1.54) is 0 Å². The topological polar surface area (TPSA) is 67.6 Å².